The van der Waals surface area contributed by atoms with E-state index in [-0.39, 0.29) is 11.3 Å². The van der Waals surface area contributed by atoms with Crippen molar-refractivity contribution in [3.05, 3.63) is 94.3 Å². The van der Waals surface area contributed by atoms with E-state index in [4.69, 9.17) is 0 Å². The Morgan fingerprint density at radius 1 is 1.11 bits per heavy atom. The Kier molecular flexibility index (Phi) is 4.33. The van der Waals surface area contributed by atoms with Crippen molar-refractivity contribution in [3.63, 3.8) is 0 Å². The predicted octanol–water partition coefficient (Wildman–Crippen LogP) is 4.47. The number of aryl methyl sites for hydroxylation is 1. The van der Waals surface area contributed by atoms with Crippen LogP contribution in [0.1, 0.15) is 15.9 Å². The molecule has 0 atom stereocenters. The summed E-state index contributed by atoms with van der Waals surface area (Å²) in [6, 6.07) is 17.1. The average Bonchev–Trinajstić information content (AvgIpc) is 3.11. The standard InChI is InChI=1S/C21H16N4O3/c1-14-9-10-24-13-18(23-20(24)11-14)15-5-4-6-16(12-15)22-21(26)17-7-2-3-8-19(17)25(27)28/h2-13H,1H3,(H,22,26). The number of nitro benzene ring substituents is 1. The number of benzene rings is 2. The van der Waals surface area contributed by atoms with Crippen molar-refractivity contribution >= 4 is 22.9 Å². The molecule has 0 bridgehead atoms. The summed E-state index contributed by atoms with van der Waals surface area (Å²) in [5.74, 6) is -0.532. The third kappa shape index (κ3) is 3.33. The van der Waals surface area contributed by atoms with Gasteiger partial charge in [0.15, 0.2) is 0 Å². The van der Waals surface area contributed by atoms with Crippen molar-refractivity contribution in [2.24, 2.45) is 0 Å². The highest BCUT2D eigenvalue weighted by molar-refractivity contribution is 6.07. The lowest BCUT2D eigenvalue weighted by Crippen LogP contribution is -2.13. The van der Waals surface area contributed by atoms with Crippen molar-refractivity contribution in [3.8, 4) is 11.3 Å². The first-order valence-electron chi connectivity index (χ1n) is 8.62. The quantitative estimate of drug-likeness (QED) is 0.423. The van der Waals surface area contributed by atoms with Crippen molar-refractivity contribution in [2.75, 3.05) is 5.32 Å². The number of para-hydroxylation sites is 1. The maximum Gasteiger partial charge on any atom is 0.282 e. The molecule has 1 amide bonds. The average molecular weight is 372 g/mol. The van der Waals surface area contributed by atoms with E-state index in [0.29, 0.717) is 5.69 Å². The maximum absolute atomic E-state index is 12.5. The molecule has 0 saturated carbocycles. The van der Waals surface area contributed by atoms with E-state index < -0.39 is 10.8 Å². The largest absolute Gasteiger partial charge is 0.322 e. The minimum atomic E-state index is -0.565. The van der Waals surface area contributed by atoms with Gasteiger partial charge < -0.3 is 9.72 Å². The van der Waals surface area contributed by atoms with Crippen molar-refractivity contribution in [2.45, 2.75) is 6.92 Å². The van der Waals surface area contributed by atoms with Crippen molar-refractivity contribution in [1.29, 1.82) is 0 Å². The van der Waals surface area contributed by atoms with Gasteiger partial charge in [0.2, 0.25) is 0 Å². The van der Waals surface area contributed by atoms with E-state index in [2.05, 4.69) is 10.3 Å². The van der Waals surface area contributed by atoms with E-state index in [1.165, 1.54) is 18.2 Å². The molecule has 2 heterocycles. The van der Waals surface area contributed by atoms with Gasteiger partial charge in [0.25, 0.3) is 11.6 Å². The summed E-state index contributed by atoms with van der Waals surface area (Å²) in [4.78, 5) is 27.7. The summed E-state index contributed by atoms with van der Waals surface area (Å²) in [6.07, 6.45) is 3.86. The summed E-state index contributed by atoms with van der Waals surface area (Å²) in [5, 5.41) is 13.9. The Morgan fingerprint density at radius 3 is 2.75 bits per heavy atom. The Balaban J connectivity index is 1.64. The Hall–Kier alpha value is -4.00. The van der Waals surface area contributed by atoms with E-state index >= 15 is 0 Å². The summed E-state index contributed by atoms with van der Waals surface area (Å²) < 4.78 is 1.93. The molecule has 2 aromatic heterocycles. The number of imidazole rings is 1. The molecule has 7 heteroatoms. The second kappa shape index (κ2) is 6.96. The molecule has 4 rings (SSSR count). The monoisotopic (exact) mass is 372 g/mol. The number of hydrogen-bond acceptors (Lipinski definition) is 4. The molecule has 0 aliphatic rings. The fourth-order valence-electron chi connectivity index (χ4n) is 3.00. The van der Waals surface area contributed by atoms with Crippen LogP contribution in [0.3, 0.4) is 0 Å². The van der Waals surface area contributed by atoms with Gasteiger partial charge >= 0.3 is 0 Å². The van der Waals surface area contributed by atoms with Crippen LogP contribution in [0.5, 0.6) is 0 Å². The molecule has 138 valence electrons. The minimum absolute atomic E-state index is 0.0149. The van der Waals surface area contributed by atoms with Gasteiger partial charge in [0.05, 0.1) is 10.6 Å². The second-order valence-corrected chi connectivity index (χ2v) is 6.40. The number of anilines is 1. The molecule has 1 N–H and O–H groups in total. The molecule has 2 aromatic carbocycles. The van der Waals surface area contributed by atoms with Crippen LogP contribution >= 0.6 is 0 Å². The number of fused-ring (bicyclic) bond motifs is 1. The van der Waals surface area contributed by atoms with E-state index in [1.54, 1.807) is 24.3 Å². The number of hydrogen-bond donors (Lipinski definition) is 1. The molecule has 28 heavy (non-hydrogen) atoms. The van der Waals surface area contributed by atoms with Gasteiger partial charge in [-0.3, -0.25) is 14.9 Å². The number of rotatable bonds is 4. The van der Waals surface area contributed by atoms with Crippen molar-refractivity contribution in [1.82, 2.24) is 9.38 Å². The lowest BCUT2D eigenvalue weighted by atomic mass is 10.1. The number of nitrogens with one attached hydrogen (secondary N) is 1. The fraction of sp³-hybridized carbons (Fsp3) is 0.0476. The molecule has 0 aliphatic carbocycles. The lowest BCUT2D eigenvalue weighted by Gasteiger charge is -2.07. The van der Waals surface area contributed by atoms with Gasteiger partial charge in [-0.1, -0.05) is 24.3 Å². The molecule has 4 aromatic rings. The van der Waals surface area contributed by atoms with Gasteiger partial charge in [0, 0.05) is 29.7 Å². The molecule has 7 nitrogen and oxygen atoms in total. The van der Waals surface area contributed by atoms with Gasteiger partial charge in [-0.2, -0.15) is 0 Å². The van der Waals surface area contributed by atoms with Gasteiger partial charge in [-0.25, -0.2) is 4.98 Å². The van der Waals surface area contributed by atoms with E-state index in [1.807, 2.05) is 41.9 Å². The first-order chi connectivity index (χ1) is 13.5. The van der Waals surface area contributed by atoms with Crippen LogP contribution in [-0.4, -0.2) is 20.2 Å². The predicted molar refractivity (Wildman–Crippen MR) is 106 cm³/mol. The summed E-state index contributed by atoms with van der Waals surface area (Å²) in [5.41, 5.74) is 3.88. The first kappa shape index (κ1) is 17.4. The highest BCUT2D eigenvalue weighted by atomic mass is 16.6. The number of nitro groups is 1. The normalized spacial score (nSPS) is 10.8. The van der Waals surface area contributed by atoms with Gasteiger partial charge in [-0.05, 0) is 42.8 Å². The molecule has 0 aliphatic heterocycles. The van der Waals surface area contributed by atoms with Crippen LogP contribution in [0, 0.1) is 17.0 Å². The minimum Gasteiger partial charge on any atom is -0.322 e. The molecule has 0 saturated heterocycles. The van der Waals surface area contributed by atoms with Crippen LogP contribution in [0.4, 0.5) is 11.4 Å². The number of carbonyl (C=O) groups is 1. The fourth-order valence-corrected chi connectivity index (χ4v) is 3.00. The Morgan fingerprint density at radius 2 is 1.93 bits per heavy atom. The topological polar surface area (TPSA) is 89.5 Å². The number of pyridine rings is 1. The molecular formula is C21H16N4O3. The van der Waals surface area contributed by atoms with E-state index in [9.17, 15) is 14.9 Å². The smallest absolute Gasteiger partial charge is 0.282 e. The van der Waals surface area contributed by atoms with Crippen LogP contribution in [0.2, 0.25) is 0 Å². The first-order valence-corrected chi connectivity index (χ1v) is 8.62. The SMILES string of the molecule is Cc1ccn2cc(-c3cccc(NC(=O)c4ccccc4[N+](=O)[O-])c3)nc2c1. The molecule has 0 radical (unpaired) electrons. The van der Waals surface area contributed by atoms with Crippen LogP contribution in [-0.2, 0) is 0 Å². The second-order valence-electron chi connectivity index (χ2n) is 6.40. The van der Waals surface area contributed by atoms with Crippen LogP contribution in [0.25, 0.3) is 16.9 Å². The number of nitrogens with zero attached hydrogens (tertiary/aromatic N) is 3. The lowest BCUT2D eigenvalue weighted by molar-refractivity contribution is -0.385. The van der Waals surface area contributed by atoms with Crippen LogP contribution < -0.4 is 5.32 Å². The zero-order valence-corrected chi connectivity index (χ0v) is 15.0. The number of amides is 1. The number of aromatic nitrogens is 2. The zero-order valence-electron chi connectivity index (χ0n) is 15.0. The van der Waals surface area contributed by atoms with E-state index in [0.717, 1.165) is 22.5 Å². The summed E-state index contributed by atoms with van der Waals surface area (Å²) in [6.45, 7) is 2.01. The third-order valence-electron chi connectivity index (χ3n) is 4.38. The maximum atomic E-state index is 12.5. The highest BCUT2D eigenvalue weighted by Gasteiger charge is 2.19. The van der Waals surface area contributed by atoms with Crippen molar-refractivity contribution < 1.29 is 9.72 Å². The molecule has 0 fully saturated rings. The highest BCUT2D eigenvalue weighted by Crippen LogP contribution is 2.24. The molecule has 0 spiro atoms. The molecule has 0 unspecified atom stereocenters. The van der Waals surface area contributed by atoms with Crippen LogP contribution in [0.15, 0.2) is 73.1 Å². The summed E-state index contributed by atoms with van der Waals surface area (Å²) in [7, 11) is 0. The number of carbonyl (C=O) groups excluding carboxylic acids is 1. The zero-order chi connectivity index (χ0) is 19.7. The Bertz CT molecular complexity index is 1210. The van der Waals surface area contributed by atoms with Gasteiger partial charge in [0.1, 0.15) is 11.2 Å². The molecular weight excluding hydrogens is 356 g/mol. The summed E-state index contributed by atoms with van der Waals surface area (Å²) >= 11 is 0. The third-order valence-corrected chi connectivity index (χ3v) is 4.38. The Labute approximate surface area is 160 Å². The van der Waals surface area contributed by atoms with Gasteiger partial charge in [-0.15, -0.1) is 0 Å².